The molecule has 0 fully saturated rings. The van der Waals surface area contributed by atoms with Gasteiger partial charge in [0, 0.05) is 23.7 Å². The molecular weight excluding hydrogens is 244 g/mol. The Hall–Kier alpha value is -0.810. The second-order valence-electron chi connectivity index (χ2n) is 3.59. The Balaban J connectivity index is 2.40. The number of anilines is 1. The molecule has 1 aromatic rings. The van der Waals surface area contributed by atoms with Crippen molar-refractivity contribution in [2.24, 2.45) is 0 Å². The third-order valence-electron chi connectivity index (χ3n) is 2.25. The number of alkyl halides is 2. The zero-order valence-corrected chi connectivity index (χ0v) is 10.4. The molecule has 1 aromatic carbocycles. The fourth-order valence-corrected chi connectivity index (χ4v) is 2.06. The fourth-order valence-electron chi connectivity index (χ4n) is 1.45. The van der Waals surface area contributed by atoms with Crippen LogP contribution in [-0.2, 0) is 0 Å². The Bertz CT molecular complexity index is 323. The summed E-state index contributed by atoms with van der Waals surface area (Å²) in [5, 5.41) is 11.8. The lowest BCUT2D eigenvalue weighted by Gasteiger charge is -2.10. The Morgan fingerprint density at radius 2 is 1.94 bits per heavy atom. The standard InChI is InChI=1S/C12H17F2NOS/c13-12(14)17-11-7-3-2-6-10(11)15-8-4-1-5-9-16/h2-3,6-7,12,15-16H,1,4-5,8-9H2. The maximum absolute atomic E-state index is 12.3. The molecule has 0 amide bonds. The lowest BCUT2D eigenvalue weighted by atomic mass is 10.2. The Morgan fingerprint density at radius 1 is 1.18 bits per heavy atom. The lowest BCUT2D eigenvalue weighted by molar-refractivity contribution is 0.252. The van der Waals surface area contributed by atoms with Crippen molar-refractivity contribution in [3.8, 4) is 0 Å². The molecule has 5 heteroatoms. The summed E-state index contributed by atoms with van der Waals surface area (Å²) in [5.74, 6) is -2.40. The van der Waals surface area contributed by atoms with E-state index in [-0.39, 0.29) is 6.61 Å². The van der Waals surface area contributed by atoms with Gasteiger partial charge in [-0.3, -0.25) is 0 Å². The second kappa shape index (κ2) is 8.31. The summed E-state index contributed by atoms with van der Waals surface area (Å²) in [5.41, 5.74) is 0.752. The summed E-state index contributed by atoms with van der Waals surface area (Å²) >= 11 is 0.558. The molecule has 0 saturated heterocycles. The van der Waals surface area contributed by atoms with Crippen molar-refractivity contribution in [1.82, 2.24) is 0 Å². The van der Waals surface area contributed by atoms with E-state index >= 15 is 0 Å². The first-order chi connectivity index (χ1) is 8.24. The van der Waals surface area contributed by atoms with Gasteiger partial charge in [0.05, 0.1) is 0 Å². The quantitative estimate of drug-likeness (QED) is 0.554. The van der Waals surface area contributed by atoms with Crippen LogP contribution in [0.15, 0.2) is 29.2 Å². The molecule has 0 aliphatic carbocycles. The van der Waals surface area contributed by atoms with Crippen molar-refractivity contribution < 1.29 is 13.9 Å². The van der Waals surface area contributed by atoms with Crippen LogP contribution in [-0.4, -0.2) is 24.0 Å². The van der Waals surface area contributed by atoms with Crippen LogP contribution in [0.4, 0.5) is 14.5 Å². The molecule has 2 N–H and O–H groups in total. The van der Waals surface area contributed by atoms with Gasteiger partial charge in [0.2, 0.25) is 0 Å². The van der Waals surface area contributed by atoms with Gasteiger partial charge in [-0.2, -0.15) is 8.78 Å². The smallest absolute Gasteiger partial charge is 0.288 e. The van der Waals surface area contributed by atoms with Crippen molar-refractivity contribution in [3.63, 3.8) is 0 Å². The first kappa shape index (κ1) is 14.3. The van der Waals surface area contributed by atoms with Crippen LogP contribution in [0.1, 0.15) is 19.3 Å². The lowest BCUT2D eigenvalue weighted by Crippen LogP contribution is -2.03. The van der Waals surface area contributed by atoms with Crippen molar-refractivity contribution in [3.05, 3.63) is 24.3 Å². The number of hydrogen-bond donors (Lipinski definition) is 2. The van der Waals surface area contributed by atoms with Crippen LogP contribution < -0.4 is 5.32 Å². The number of unbranched alkanes of at least 4 members (excludes halogenated alkanes) is 2. The van der Waals surface area contributed by atoms with E-state index in [4.69, 9.17) is 5.11 Å². The van der Waals surface area contributed by atoms with Gasteiger partial charge in [-0.05, 0) is 31.4 Å². The summed E-state index contributed by atoms with van der Waals surface area (Å²) in [7, 11) is 0. The number of aliphatic hydroxyl groups excluding tert-OH is 1. The number of hydrogen-bond acceptors (Lipinski definition) is 3. The van der Waals surface area contributed by atoms with Gasteiger partial charge in [0.1, 0.15) is 0 Å². The number of halogens is 2. The number of rotatable bonds is 8. The van der Waals surface area contributed by atoms with E-state index in [9.17, 15) is 8.78 Å². The van der Waals surface area contributed by atoms with Crippen molar-refractivity contribution in [1.29, 1.82) is 0 Å². The molecule has 0 spiro atoms. The first-order valence-corrected chi connectivity index (χ1v) is 6.50. The van der Waals surface area contributed by atoms with Crippen molar-refractivity contribution in [2.45, 2.75) is 29.9 Å². The highest BCUT2D eigenvalue weighted by molar-refractivity contribution is 7.99. The van der Waals surface area contributed by atoms with E-state index in [0.29, 0.717) is 16.7 Å². The highest BCUT2D eigenvalue weighted by Gasteiger charge is 2.08. The van der Waals surface area contributed by atoms with Crippen LogP contribution in [0.3, 0.4) is 0 Å². The van der Waals surface area contributed by atoms with Gasteiger partial charge in [0.15, 0.2) is 0 Å². The molecule has 1 rings (SSSR count). The second-order valence-corrected chi connectivity index (χ2v) is 4.62. The molecule has 96 valence electrons. The van der Waals surface area contributed by atoms with Crippen molar-refractivity contribution >= 4 is 17.4 Å². The number of thioether (sulfide) groups is 1. The van der Waals surface area contributed by atoms with Gasteiger partial charge < -0.3 is 10.4 Å². The molecule has 2 nitrogen and oxygen atoms in total. The average molecular weight is 261 g/mol. The van der Waals surface area contributed by atoms with Gasteiger partial charge in [-0.15, -0.1) is 0 Å². The van der Waals surface area contributed by atoms with Crippen LogP contribution in [0, 0.1) is 0 Å². The molecule has 17 heavy (non-hydrogen) atoms. The van der Waals surface area contributed by atoms with Gasteiger partial charge in [-0.25, -0.2) is 0 Å². The van der Waals surface area contributed by atoms with E-state index in [0.717, 1.165) is 31.5 Å². The van der Waals surface area contributed by atoms with Gasteiger partial charge >= 0.3 is 0 Å². The molecule has 0 radical (unpaired) electrons. The van der Waals surface area contributed by atoms with Crippen molar-refractivity contribution in [2.75, 3.05) is 18.5 Å². The molecule has 0 aliphatic heterocycles. The number of para-hydroxylation sites is 1. The Morgan fingerprint density at radius 3 is 2.65 bits per heavy atom. The number of aliphatic hydroxyl groups is 1. The zero-order valence-electron chi connectivity index (χ0n) is 9.53. The van der Waals surface area contributed by atoms with Crippen LogP contribution >= 0.6 is 11.8 Å². The maximum atomic E-state index is 12.3. The predicted octanol–water partition coefficient (Wildman–Crippen LogP) is 3.58. The van der Waals surface area contributed by atoms with E-state index in [1.165, 1.54) is 0 Å². The summed E-state index contributed by atoms with van der Waals surface area (Å²) < 4.78 is 24.6. The van der Waals surface area contributed by atoms with Crippen LogP contribution in [0.25, 0.3) is 0 Å². The predicted molar refractivity (Wildman–Crippen MR) is 67.7 cm³/mol. The average Bonchev–Trinajstić information content (AvgIpc) is 2.30. The first-order valence-electron chi connectivity index (χ1n) is 5.62. The molecule has 0 heterocycles. The minimum atomic E-state index is -2.40. The van der Waals surface area contributed by atoms with E-state index in [2.05, 4.69) is 5.32 Å². The molecule has 0 unspecified atom stereocenters. The summed E-state index contributed by atoms with van der Waals surface area (Å²) in [6.07, 6.45) is 2.65. The largest absolute Gasteiger partial charge is 0.396 e. The van der Waals surface area contributed by atoms with Crippen LogP contribution in [0.2, 0.25) is 0 Å². The third-order valence-corrected chi connectivity index (χ3v) is 3.04. The SMILES string of the molecule is OCCCCCNc1ccccc1SC(F)F. The summed E-state index contributed by atoms with van der Waals surface area (Å²) in [4.78, 5) is 0.574. The normalized spacial score (nSPS) is 10.8. The third kappa shape index (κ3) is 5.89. The summed E-state index contributed by atoms with van der Waals surface area (Å²) in [6, 6.07) is 7.07. The highest BCUT2D eigenvalue weighted by Crippen LogP contribution is 2.31. The number of nitrogens with one attached hydrogen (secondary N) is 1. The Labute approximate surface area is 104 Å². The molecule has 0 bridgehead atoms. The molecule has 0 saturated carbocycles. The van der Waals surface area contributed by atoms with E-state index in [1.54, 1.807) is 18.2 Å². The Kier molecular flexibility index (Phi) is 6.96. The van der Waals surface area contributed by atoms with Gasteiger partial charge in [-0.1, -0.05) is 23.9 Å². The number of benzene rings is 1. The topological polar surface area (TPSA) is 32.3 Å². The molecule has 0 aromatic heterocycles. The summed E-state index contributed by atoms with van der Waals surface area (Å²) in [6.45, 7) is 0.943. The minimum absolute atomic E-state index is 0.206. The monoisotopic (exact) mass is 261 g/mol. The maximum Gasteiger partial charge on any atom is 0.288 e. The molecule has 0 aliphatic rings. The molecular formula is C12H17F2NOS. The van der Waals surface area contributed by atoms with Crippen LogP contribution in [0.5, 0.6) is 0 Å². The molecule has 0 atom stereocenters. The zero-order chi connectivity index (χ0) is 12.5. The van der Waals surface area contributed by atoms with E-state index in [1.807, 2.05) is 6.07 Å². The van der Waals surface area contributed by atoms with Gasteiger partial charge in [0.25, 0.3) is 5.76 Å². The minimum Gasteiger partial charge on any atom is -0.396 e. The fraction of sp³-hybridized carbons (Fsp3) is 0.500. The highest BCUT2D eigenvalue weighted by atomic mass is 32.2. The van der Waals surface area contributed by atoms with E-state index < -0.39 is 5.76 Å².